The molecule has 172 valence electrons. The fourth-order valence-corrected chi connectivity index (χ4v) is 3.92. The fraction of sp³-hybridized carbons (Fsp3) is 0.360. The van der Waals surface area contributed by atoms with E-state index in [1.54, 1.807) is 31.2 Å². The number of amides is 1. The first-order valence-electron chi connectivity index (χ1n) is 11.0. The van der Waals surface area contributed by atoms with Gasteiger partial charge >= 0.3 is 0 Å². The molecule has 0 aliphatic carbocycles. The Kier molecular flexibility index (Phi) is 7.14. The van der Waals surface area contributed by atoms with Gasteiger partial charge in [-0.05, 0) is 55.5 Å². The van der Waals surface area contributed by atoms with Crippen LogP contribution >= 0.6 is 0 Å². The summed E-state index contributed by atoms with van der Waals surface area (Å²) < 4.78 is 17.3. The SMILES string of the molecule is Cc1c(COc2cc(CC(=O)N=O)cc(OCC3CCOCC3)c2)[nH]c2ccccc2c1=O. The van der Waals surface area contributed by atoms with Crippen molar-refractivity contribution in [2.24, 2.45) is 11.1 Å². The lowest BCUT2D eigenvalue weighted by Gasteiger charge is -2.22. The number of rotatable bonds is 8. The van der Waals surface area contributed by atoms with E-state index < -0.39 is 5.91 Å². The first-order valence-corrected chi connectivity index (χ1v) is 11.0. The molecular formula is C25H26N2O6. The van der Waals surface area contributed by atoms with E-state index in [0.717, 1.165) is 31.6 Å². The molecule has 0 saturated carbocycles. The van der Waals surface area contributed by atoms with E-state index in [9.17, 15) is 14.5 Å². The van der Waals surface area contributed by atoms with E-state index >= 15 is 0 Å². The molecule has 8 nitrogen and oxygen atoms in total. The molecule has 1 amide bonds. The van der Waals surface area contributed by atoms with Crippen LogP contribution < -0.4 is 14.9 Å². The number of H-pyrrole nitrogens is 1. The number of carbonyl (C=O) groups excluding carboxylic acids is 1. The molecule has 3 aromatic rings. The first-order chi connectivity index (χ1) is 16.0. The summed E-state index contributed by atoms with van der Waals surface area (Å²) in [5.41, 5.74) is 2.52. The summed E-state index contributed by atoms with van der Waals surface area (Å²) in [7, 11) is 0. The van der Waals surface area contributed by atoms with Crippen LogP contribution in [-0.4, -0.2) is 30.7 Å². The lowest BCUT2D eigenvalue weighted by Crippen LogP contribution is -2.21. The minimum Gasteiger partial charge on any atom is -0.493 e. The third kappa shape index (κ3) is 5.64. The lowest BCUT2D eigenvalue weighted by molar-refractivity contribution is -0.117. The number of ether oxygens (including phenoxy) is 3. The van der Waals surface area contributed by atoms with Crippen molar-refractivity contribution < 1.29 is 19.0 Å². The summed E-state index contributed by atoms with van der Waals surface area (Å²) in [6.07, 6.45) is 1.73. The number of para-hydroxylation sites is 1. The number of hydrogen-bond donors (Lipinski definition) is 1. The molecule has 1 aliphatic heterocycles. The van der Waals surface area contributed by atoms with Crippen molar-refractivity contribution in [3.05, 3.63) is 74.4 Å². The van der Waals surface area contributed by atoms with Crippen LogP contribution in [0.1, 0.15) is 29.7 Å². The standard InChI is InChI=1S/C25H26N2O6/c1-16-23(26-22-5-3-2-4-21(22)25(16)29)15-33-20-11-18(12-24(28)27-30)10-19(13-20)32-14-17-6-8-31-9-7-17/h2-5,10-11,13,17H,6-9,12,14-15H2,1H3,(H,26,29). The molecule has 33 heavy (non-hydrogen) atoms. The van der Waals surface area contributed by atoms with Crippen LogP contribution in [0, 0.1) is 17.7 Å². The molecule has 2 heterocycles. The Morgan fingerprint density at radius 1 is 1.12 bits per heavy atom. The van der Waals surface area contributed by atoms with Crippen LogP contribution in [0.25, 0.3) is 10.9 Å². The highest BCUT2D eigenvalue weighted by Crippen LogP contribution is 2.26. The van der Waals surface area contributed by atoms with Gasteiger partial charge in [-0.25, -0.2) is 0 Å². The number of hydrogen-bond acceptors (Lipinski definition) is 6. The van der Waals surface area contributed by atoms with E-state index in [1.807, 2.05) is 18.2 Å². The Morgan fingerprint density at radius 3 is 2.61 bits per heavy atom. The smallest absolute Gasteiger partial charge is 0.290 e. The zero-order valence-corrected chi connectivity index (χ0v) is 18.5. The maximum absolute atomic E-state index is 12.7. The molecule has 2 aromatic carbocycles. The second-order valence-electron chi connectivity index (χ2n) is 8.23. The van der Waals surface area contributed by atoms with E-state index in [1.165, 1.54) is 0 Å². The van der Waals surface area contributed by atoms with Crippen LogP contribution in [0.4, 0.5) is 0 Å². The minimum atomic E-state index is -0.766. The highest BCUT2D eigenvalue weighted by atomic mass is 16.5. The maximum atomic E-state index is 12.7. The second-order valence-corrected chi connectivity index (χ2v) is 8.23. The highest BCUT2D eigenvalue weighted by molar-refractivity contribution is 5.80. The molecule has 4 rings (SSSR count). The zero-order valence-electron chi connectivity index (χ0n) is 18.5. The second kappa shape index (κ2) is 10.4. The molecular weight excluding hydrogens is 424 g/mol. The van der Waals surface area contributed by atoms with Gasteiger partial charge in [0.1, 0.15) is 18.1 Å². The number of benzene rings is 2. The van der Waals surface area contributed by atoms with Gasteiger partial charge in [-0.1, -0.05) is 12.1 Å². The summed E-state index contributed by atoms with van der Waals surface area (Å²) in [5, 5.41) is 3.11. The van der Waals surface area contributed by atoms with Crippen molar-refractivity contribution in [3.8, 4) is 11.5 Å². The predicted molar refractivity (Wildman–Crippen MR) is 124 cm³/mol. The average molecular weight is 450 g/mol. The van der Waals surface area contributed by atoms with Crippen LogP contribution in [0.2, 0.25) is 0 Å². The van der Waals surface area contributed by atoms with Gasteiger partial charge in [-0.2, -0.15) is 0 Å². The zero-order chi connectivity index (χ0) is 23.2. The van der Waals surface area contributed by atoms with E-state index in [-0.39, 0.29) is 18.5 Å². The van der Waals surface area contributed by atoms with Crippen molar-refractivity contribution in [2.45, 2.75) is 32.8 Å². The number of aromatic amines is 1. The minimum absolute atomic E-state index is 0.0418. The van der Waals surface area contributed by atoms with Gasteiger partial charge in [-0.15, -0.1) is 4.91 Å². The largest absolute Gasteiger partial charge is 0.493 e. The third-order valence-electron chi connectivity index (χ3n) is 5.86. The Hall–Kier alpha value is -3.52. The Morgan fingerprint density at radius 2 is 1.85 bits per heavy atom. The van der Waals surface area contributed by atoms with Gasteiger partial charge < -0.3 is 19.2 Å². The topological polar surface area (TPSA) is 107 Å². The van der Waals surface area contributed by atoms with E-state index in [2.05, 4.69) is 10.2 Å². The average Bonchev–Trinajstić information content (AvgIpc) is 2.84. The van der Waals surface area contributed by atoms with Gasteiger partial charge in [0.15, 0.2) is 5.43 Å². The summed E-state index contributed by atoms with van der Waals surface area (Å²) in [5.74, 6) is 0.658. The molecule has 0 spiro atoms. The Balaban J connectivity index is 1.54. The maximum Gasteiger partial charge on any atom is 0.290 e. The number of pyridine rings is 1. The fourth-order valence-electron chi connectivity index (χ4n) is 3.92. The number of nitrogens with one attached hydrogen (secondary N) is 1. The van der Waals surface area contributed by atoms with Crippen LogP contribution in [-0.2, 0) is 22.6 Å². The van der Waals surface area contributed by atoms with Crippen molar-refractivity contribution >= 4 is 16.8 Å². The van der Waals surface area contributed by atoms with Crippen molar-refractivity contribution in [3.63, 3.8) is 0 Å². The van der Waals surface area contributed by atoms with Crippen LogP contribution in [0.3, 0.4) is 0 Å². The van der Waals surface area contributed by atoms with Crippen LogP contribution in [0.5, 0.6) is 11.5 Å². The normalized spacial score (nSPS) is 14.2. The van der Waals surface area contributed by atoms with Crippen LogP contribution in [0.15, 0.2) is 52.4 Å². The van der Waals surface area contributed by atoms with Gasteiger partial charge in [-0.3, -0.25) is 9.59 Å². The number of fused-ring (bicyclic) bond motifs is 1. The predicted octanol–water partition coefficient (Wildman–Crippen LogP) is 4.06. The van der Waals surface area contributed by atoms with Crippen molar-refractivity contribution in [1.29, 1.82) is 0 Å². The number of aromatic nitrogens is 1. The Labute approximate surface area is 190 Å². The first kappa shape index (κ1) is 22.7. The van der Waals surface area contributed by atoms with Crippen molar-refractivity contribution in [2.75, 3.05) is 19.8 Å². The molecule has 0 atom stereocenters. The van der Waals surface area contributed by atoms with Gasteiger partial charge in [0.2, 0.25) is 0 Å². The highest BCUT2D eigenvalue weighted by Gasteiger charge is 2.16. The molecule has 1 aromatic heterocycles. The van der Waals surface area contributed by atoms with Crippen molar-refractivity contribution in [1.82, 2.24) is 4.98 Å². The monoisotopic (exact) mass is 450 g/mol. The molecule has 1 fully saturated rings. The summed E-state index contributed by atoms with van der Waals surface area (Å²) >= 11 is 0. The van der Waals surface area contributed by atoms with E-state index in [4.69, 9.17) is 14.2 Å². The number of nitroso groups, excluding NO2 is 1. The summed E-state index contributed by atoms with van der Waals surface area (Å²) in [4.78, 5) is 38.1. The summed E-state index contributed by atoms with van der Waals surface area (Å²) in [6, 6.07) is 12.5. The molecule has 0 bridgehead atoms. The molecule has 0 radical (unpaired) electrons. The molecule has 1 saturated heterocycles. The summed E-state index contributed by atoms with van der Waals surface area (Å²) in [6.45, 7) is 3.88. The Bertz CT molecular complexity index is 1210. The number of carbonyl (C=O) groups is 1. The molecule has 0 unspecified atom stereocenters. The number of nitrogens with zero attached hydrogens (tertiary/aromatic N) is 1. The third-order valence-corrected chi connectivity index (χ3v) is 5.86. The van der Waals surface area contributed by atoms with Gasteiger partial charge in [0, 0.05) is 40.9 Å². The molecule has 1 N–H and O–H groups in total. The van der Waals surface area contributed by atoms with Gasteiger partial charge in [0.05, 0.1) is 18.7 Å². The lowest BCUT2D eigenvalue weighted by atomic mass is 10.0. The molecule has 1 aliphatic rings. The quantitative estimate of drug-likeness (QED) is 0.519. The van der Waals surface area contributed by atoms with Gasteiger partial charge in [0.25, 0.3) is 5.91 Å². The molecule has 8 heteroatoms. The van der Waals surface area contributed by atoms with E-state index in [0.29, 0.717) is 46.2 Å².